The summed E-state index contributed by atoms with van der Waals surface area (Å²) < 4.78 is 2.20. The van der Waals surface area contributed by atoms with Gasteiger partial charge in [0.1, 0.15) is 28.5 Å². The van der Waals surface area contributed by atoms with Gasteiger partial charge < -0.3 is 26.3 Å². The maximum atomic E-state index is 13.2. The average Bonchev–Trinajstić information content (AvgIpc) is 3.16. The third-order valence-corrected chi connectivity index (χ3v) is 5.92. The lowest BCUT2D eigenvalue weighted by molar-refractivity contribution is -0.138. The van der Waals surface area contributed by atoms with Gasteiger partial charge >= 0.3 is 0 Å². The zero-order valence-electron chi connectivity index (χ0n) is 15.7. The quantitative estimate of drug-likeness (QED) is 0.470. The molecular formula is C18H18BrN9O2. The van der Waals surface area contributed by atoms with Crippen LogP contribution in [0.5, 0.6) is 0 Å². The molecule has 5 rings (SSSR count). The minimum absolute atomic E-state index is 0.0106. The fourth-order valence-corrected chi connectivity index (χ4v) is 4.41. The van der Waals surface area contributed by atoms with Crippen molar-refractivity contribution in [2.24, 2.45) is 5.92 Å². The molecule has 0 spiro atoms. The van der Waals surface area contributed by atoms with Gasteiger partial charge in [-0.2, -0.15) is 9.97 Å². The third kappa shape index (κ3) is 3.22. The predicted molar refractivity (Wildman–Crippen MR) is 112 cm³/mol. The first-order valence-electron chi connectivity index (χ1n) is 9.39. The van der Waals surface area contributed by atoms with E-state index in [1.165, 1.54) is 6.33 Å². The number of nitrogens with two attached hydrogens (primary N) is 2. The van der Waals surface area contributed by atoms with Gasteiger partial charge in [0.25, 0.3) is 0 Å². The van der Waals surface area contributed by atoms with Crippen molar-refractivity contribution < 1.29 is 9.59 Å². The Balaban J connectivity index is 1.36. The second kappa shape index (κ2) is 6.90. The molecule has 154 valence electrons. The van der Waals surface area contributed by atoms with Gasteiger partial charge in [0, 0.05) is 6.04 Å². The van der Waals surface area contributed by atoms with Crippen molar-refractivity contribution in [1.29, 1.82) is 0 Å². The van der Waals surface area contributed by atoms with Crippen LogP contribution in [0.2, 0.25) is 0 Å². The molecule has 1 saturated heterocycles. The number of piperidine rings is 1. The predicted octanol–water partition coefficient (Wildman–Crippen LogP) is 0.776. The number of pyridine rings is 1. The molecule has 0 bridgehead atoms. The molecule has 2 amide bonds. The summed E-state index contributed by atoms with van der Waals surface area (Å²) in [6, 6.07) is 4.81. The number of aromatic nitrogens is 5. The van der Waals surface area contributed by atoms with Gasteiger partial charge in [0.2, 0.25) is 17.8 Å². The molecule has 3 aromatic heterocycles. The van der Waals surface area contributed by atoms with Gasteiger partial charge in [-0.05, 0) is 46.8 Å². The van der Waals surface area contributed by atoms with Gasteiger partial charge in [-0.3, -0.25) is 9.59 Å². The number of rotatable bonds is 4. The summed E-state index contributed by atoms with van der Waals surface area (Å²) in [6.45, 7) is -0.0193. The molecule has 2 aliphatic rings. The Morgan fingerprint density at radius 1 is 1.20 bits per heavy atom. The summed E-state index contributed by atoms with van der Waals surface area (Å²) in [5.74, 6) is 0.533. The number of hydrogen-bond donors (Lipinski definition) is 3. The van der Waals surface area contributed by atoms with Gasteiger partial charge in [0.15, 0.2) is 11.5 Å². The normalized spacial score (nSPS) is 22.2. The highest BCUT2D eigenvalue weighted by molar-refractivity contribution is 9.10. The van der Waals surface area contributed by atoms with Crippen LogP contribution in [0.25, 0.3) is 11.2 Å². The summed E-state index contributed by atoms with van der Waals surface area (Å²) in [6.07, 6.45) is 3.04. The van der Waals surface area contributed by atoms with Crippen LogP contribution < -0.4 is 16.8 Å². The number of imidazole rings is 1. The smallest absolute Gasteiger partial charge is 0.248 e. The summed E-state index contributed by atoms with van der Waals surface area (Å²) in [4.78, 5) is 44.1. The molecule has 5 N–H and O–H groups in total. The topological polar surface area (TPSA) is 158 Å². The van der Waals surface area contributed by atoms with Crippen LogP contribution in [0.4, 0.5) is 17.6 Å². The molecule has 1 aliphatic carbocycles. The van der Waals surface area contributed by atoms with Crippen LogP contribution >= 0.6 is 15.9 Å². The zero-order chi connectivity index (χ0) is 21.0. The van der Waals surface area contributed by atoms with Crippen LogP contribution in [0.15, 0.2) is 29.1 Å². The van der Waals surface area contributed by atoms with Crippen molar-refractivity contribution in [2.75, 3.05) is 16.8 Å². The molecule has 1 saturated carbocycles. The van der Waals surface area contributed by atoms with E-state index < -0.39 is 6.04 Å². The second-order valence-corrected chi connectivity index (χ2v) is 8.27. The van der Waals surface area contributed by atoms with Crippen molar-refractivity contribution >= 4 is 56.5 Å². The van der Waals surface area contributed by atoms with Crippen molar-refractivity contribution in [3.8, 4) is 0 Å². The number of fused-ring (bicyclic) bond motifs is 2. The van der Waals surface area contributed by atoms with Gasteiger partial charge in [-0.25, -0.2) is 9.97 Å². The SMILES string of the molecule is Nc1nc(N)c2ncn(CC(=O)N3[C@@H]4C[C@@H]4C[C@H]3C(=O)Nc3cccc(Br)n3)c2n1. The molecule has 0 radical (unpaired) electrons. The van der Waals surface area contributed by atoms with Gasteiger partial charge in [-0.1, -0.05) is 6.07 Å². The Labute approximate surface area is 179 Å². The van der Waals surface area contributed by atoms with E-state index in [0.29, 0.717) is 33.9 Å². The third-order valence-electron chi connectivity index (χ3n) is 5.48. The molecule has 12 heteroatoms. The molecule has 1 aliphatic heterocycles. The summed E-state index contributed by atoms with van der Waals surface area (Å²) >= 11 is 3.29. The highest BCUT2D eigenvalue weighted by Crippen LogP contribution is 2.48. The van der Waals surface area contributed by atoms with E-state index in [2.05, 4.69) is 41.2 Å². The van der Waals surface area contributed by atoms with E-state index in [-0.39, 0.29) is 36.2 Å². The number of carbonyl (C=O) groups excluding carboxylic acids is 2. The number of likely N-dealkylation sites (tertiary alicyclic amines) is 1. The molecule has 3 aromatic rings. The Hall–Kier alpha value is -3.28. The number of amides is 2. The fraction of sp³-hybridized carbons (Fsp3) is 0.333. The fourth-order valence-electron chi connectivity index (χ4n) is 4.06. The number of nitrogens with one attached hydrogen (secondary N) is 1. The number of halogens is 1. The van der Waals surface area contributed by atoms with Crippen LogP contribution in [-0.2, 0) is 16.1 Å². The van der Waals surface area contributed by atoms with Gasteiger partial charge in [-0.15, -0.1) is 0 Å². The first kappa shape index (κ1) is 18.7. The Bertz CT molecular complexity index is 1180. The zero-order valence-corrected chi connectivity index (χ0v) is 17.3. The summed E-state index contributed by atoms with van der Waals surface area (Å²) in [5, 5.41) is 2.81. The first-order chi connectivity index (χ1) is 14.4. The Morgan fingerprint density at radius 2 is 2.03 bits per heavy atom. The van der Waals surface area contributed by atoms with Crippen LogP contribution in [0.3, 0.4) is 0 Å². The number of anilines is 3. The number of carbonyl (C=O) groups is 2. The Kier molecular flexibility index (Phi) is 4.31. The van der Waals surface area contributed by atoms with Crippen LogP contribution in [0.1, 0.15) is 12.8 Å². The molecule has 11 nitrogen and oxygen atoms in total. The second-order valence-electron chi connectivity index (χ2n) is 7.46. The Morgan fingerprint density at radius 3 is 2.83 bits per heavy atom. The van der Waals surface area contributed by atoms with Crippen LogP contribution in [0, 0.1) is 5.92 Å². The molecule has 3 atom stereocenters. The van der Waals surface area contributed by atoms with Crippen molar-refractivity contribution in [2.45, 2.75) is 31.5 Å². The number of hydrogen-bond acceptors (Lipinski definition) is 8. The number of nitrogen functional groups attached to an aromatic ring is 2. The average molecular weight is 472 g/mol. The van der Waals surface area contributed by atoms with Crippen LogP contribution in [-0.4, -0.2) is 53.3 Å². The molecule has 30 heavy (non-hydrogen) atoms. The number of nitrogens with zero attached hydrogens (tertiary/aromatic N) is 6. The highest BCUT2D eigenvalue weighted by atomic mass is 79.9. The van der Waals surface area contributed by atoms with E-state index in [4.69, 9.17) is 11.5 Å². The maximum absolute atomic E-state index is 13.2. The van der Waals surface area contributed by atoms with Gasteiger partial charge in [0.05, 0.1) is 6.33 Å². The van der Waals surface area contributed by atoms with Crippen molar-refractivity contribution in [3.63, 3.8) is 0 Å². The standard InChI is InChI=1S/C18H18BrN9O2/c19-11-2-1-3-12(23-11)24-17(30)10-5-8-4-9(8)28(10)13(29)6-27-7-22-14-15(20)25-18(21)26-16(14)27/h1-3,7-10H,4-6H2,(H,23,24,30)(H4,20,21,25,26)/t8-,9-,10+/m1/s1. The minimum atomic E-state index is -0.540. The monoisotopic (exact) mass is 471 g/mol. The van der Waals surface area contributed by atoms with E-state index in [1.54, 1.807) is 27.7 Å². The molecule has 2 fully saturated rings. The van der Waals surface area contributed by atoms with E-state index in [0.717, 1.165) is 6.42 Å². The first-order valence-corrected chi connectivity index (χ1v) is 10.2. The largest absolute Gasteiger partial charge is 0.382 e. The summed E-state index contributed by atoms with van der Waals surface area (Å²) in [5.41, 5.74) is 12.3. The lowest BCUT2D eigenvalue weighted by atomic mass is 10.1. The minimum Gasteiger partial charge on any atom is -0.382 e. The molecule has 0 aromatic carbocycles. The molecular weight excluding hydrogens is 454 g/mol. The van der Waals surface area contributed by atoms with Crippen molar-refractivity contribution in [3.05, 3.63) is 29.1 Å². The molecule has 4 heterocycles. The van der Waals surface area contributed by atoms with E-state index >= 15 is 0 Å². The lowest BCUT2D eigenvalue weighted by Gasteiger charge is -2.27. The van der Waals surface area contributed by atoms with Crippen molar-refractivity contribution in [1.82, 2.24) is 29.4 Å². The highest BCUT2D eigenvalue weighted by Gasteiger charge is 2.56. The maximum Gasteiger partial charge on any atom is 0.248 e. The van der Waals surface area contributed by atoms with E-state index in [9.17, 15) is 9.59 Å². The van der Waals surface area contributed by atoms with E-state index in [1.807, 2.05) is 0 Å². The lowest BCUT2D eigenvalue weighted by Crippen LogP contribution is -2.46. The molecule has 0 unspecified atom stereocenters. The summed E-state index contributed by atoms with van der Waals surface area (Å²) in [7, 11) is 0.